The van der Waals surface area contributed by atoms with Crippen molar-refractivity contribution in [2.75, 3.05) is 0 Å². The average molecular weight is 289 g/mol. The fourth-order valence-electron chi connectivity index (χ4n) is 0.0750. The van der Waals surface area contributed by atoms with Gasteiger partial charge in [-0.1, -0.05) is 0 Å². The van der Waals surface area contributed by atoms with Crippen molar-refractivity contribution in [3.8, 4) is 0 Å². The number of rotatable bonds is 1. The van der Waals surface area contributed by atoms with Crippen LogP contribution in [0.3, 0.4) is 0 Å². The molecule has 0 fully saturated rings. The summed E-state index contributed by atoms with van der Waals surface area (Å²) < 4.78 is 1.33. The molecule has 0 aromatic heterocycles. The molecule has 4 nitrogen and oxygen atoms in total. The Morgan fingerprint density at radius 1 is 1.86 bits per heavy atom. The second-order valence-electron chi connectivity index (χ2n) is 1.03. The van der Waals surface area contributed by atoms with Gasteiger partial charge < -0.3 is 0 Å². The van der Waals surface area contributed by atoms with Crippen molar-refractivity contribution < 1.29 is 0 Å². The molecule has 0 rings (SSSR count). The van der Waals surface area contributed by atoms with Crippen molar-refractivity contribution in [1.82, 2.24) is 2.82 Å². The molecule has 0 aliphatic rings. The van der Waals surface area contributed by atoms with Crippen LogP contribution in [0.1, 0.15) is 6.92 Å². The van der Waals surface area contributed by atoms with Crippen LogP contribution >= 0.6 is 0 Å². The van der Waals surface area contributed by atoms with Crippen molar-refractivity contribution in [1.29, 1.82) is 10.9 Å². The molecule has 0 aromatic rings. The summed E-state index contributed by atoms with van der Waals surface area (Å²) in [5, 5.41) is 9.88. The molecule has 0 amide bonds. The molecule has 0 aromatic carbocycles. The van der Waals surface area contributed by atoms with E-state index in [1.54, 1.807) is 6.92 Å². The van der Waals surface area contributed by atoms with E-state index in [2.05, 4.69) is 5.22 Å². The van der Waals surface area contributed by atoms with Gasteiger partial charge >= 0.3 is 57.8 Å². The topological polar surface area (TPSA) is 63.3 Å². The van der Waals surface area contributed by atoms with Gasteiger partial charge in [0, 0.05) is 0 Å². The van der Waals surface area contributed by atoms with Crippen LogP contribution in [0.2, 0.25) is 0 Å². The van der Waals surface area contributed by atoms with Gasteiger partial charge in [0.1, 0.15) is 0 Å². The molecule has 0 saturated heterocycles. The van der Waals surface area contributed by atoms with E-state index in [9.17, 15) is 0 Å². The number of hydrogen-bond acceptors (Lipinski definition) is 3. The van der Waals surface area contributed by atoms with Crippen molar-refractivity contribution in [3.63, 3.8) is 0 Å². The van der Waals surface area contributed by atoms with Gasteiger partial charge in [-0.15, -0.1) is 0 Å². The molecular formula is C2H5N4Tl. The predicted octanol–water partition coefficient (Wildman–Crippen LogP) is 0.315. The number of amidine groups is 1. The Morgan fingerprint density at radius 3 is 2.29 bits per heavy atom. The number of nitrogens with zero attached hydrogens (tertiary/aromatic N) is 2. The summed E-state index contributed by atoms with van der Waals surface area (Å²) in [5.74, 6) is 0.347. The first-order chi connectivity index (χ1) is 3.18. The molecule has 0 bridgehead atoms. The van der Waals surface area contributed by atoms with E-state index in [4.69, 9.17) is 10.9 Å². The van der Waals surface area contributed by atoms with E-state index >= 15 is 0 Å². The van der Waals surface area contributed by atoms with Crippen LogP contribution in [0, 0.1) is 10.9 Å². The third-order valence-electron chi connectivity index (χ3n) is 0.451. The van der Waals surface area contributed by atoms with Crippen LogP contribution in [-0.2, 0) is 0 Å². The Morgan fingerprint density at radius 2 is 2.29 bits per heavy atom. The van der Waals surface area contributed by atoms with E-state index < -0.39 is 0 Å². The Hall–Kier alpha value is -0.00792. The normalized spacial score (nSPS) is 7.43. The van der Waals surface area contributed by atoms with Gasteiger partial charge in [-0.3, -0.25) is 0 Å². The maximum absolute atomic E-state index is 6.85. The van der Waals surface area contributed by atoms with Gasteiger partial charge in [-0.05, 0) is 0 Å². The van der Waals surface area contributed by atoms with Gasteiger partial charge in [-0.2, -0.15) is 0 Å². The first kappa shape index (κ1) is 6.99. The van der Waals surface area contributed by atoms with Crippen LogP contribution in [0.15, 0.2) is 5.22 Å². The van der Waals surface area contributed by atoms with E-state index in [1.807, 2.05) is 0 Å². The number of hydrogen-bond donors (Lipinski definition) is 2. The summed E-state index contributed by atoms with van der Waals surface area (Å²) in [4.78, 5) is 0. The van der Waals surface area contributed by atoms with Crippen LogP contribution < -0.4 is 0 Å². The van der Waals surface area contributed by atoms with E-state index in [0.29, 0.717) is 31.9 Å². The van der Waals surface area contributed by atoms with Crippen molar-refractivity contribution in [2.24, 2.45) is 5.22 Å². The fraction of sp³-hybridized carbons (Fsp3) is 0.500. The summed E-state index contributed by atoms with van der Waals surface area (Å²) in [5.41, 5.74) is 6.39. The molecule has 36 valence electrons. The Balaban J connectivity index is 3.55. The molecule has 0 radical (unpaired) electrons. The first-order valence-electron chi connectivity index (χ1n) is 1.66. The molecule has 0 aliphatic heterocycles. The fourth-order valence-corrected chi connectivity index (χ4v) is 0.0750. The first-order valence-corrected chi connectivity index (χ1v) is 3.66. The molecular weight excluding hydrogens is 284 g/mol. The zero-order valence-electron chi connectivity index (χ0n) is 3.97. The minimum absolute atomic E-state index is 0.347. The van der Waals surface area contributed by atoms with Crippen LogP contribution in [0.5, 0.6) is 0 Å². The average Bonchev–Trinajstić information content (AvgIpc) is 1.65. The minimum atomic E-state index is 0.347. The summed E-state index contributed by atoms with van der Waals surface area (Å²) in [6.07, 6.45) is 0. The molecule has 2 N–H and O–H groups in total. The molecule has 5 heteroatoms. The van der Waals surface area contributed by atoms with Crippen molar-refractivity contribution >= 4 is 31.9 Å². The molecule has 0 spiro atoms. The van der Waals surface area contributed by atoms with Crippen LogP contribution in [0.4, 0.5) is 0 Å². The summed E-state index contributed by atoms with van der Waals surface area (Å²) in [6, 6.07) is 0. The van der Waals surface area contributed by atoms with Gasteiger partial charge in [0.2, 0.25) is 0 Å². The molecule has 0 aliphatic carbocycles. The van der Waals surface area contributed by atoms with Crippen LogP contribution in [0.25, 0.3) is 0 Å². The second kappa shape index (κ2) is 3.05. The van der Waals surface area contributed by atoms with Gasteiger partial charge in [0.05, 0.1) is 0 Å². The van der Waals surface area contributed by atoms with Crippen molar-refractivity contribution in [2.45, 2.75) is 6.92 Å². The monoisotopic (exact) mass is 290 g/mol. The zero-order valence-corrected chi connectivity index (χ0v) is 8.46. The van der Waals surface area contributed by atoms with E-state index in [1.165, 1.54) is 2.82 Å². The van der Waals surface area contributed by atoms with E-state index in [0.717, 1.165) is 0 Å². The third-order valence-corrected chi connectivity index (χ3v) is 2.41. The summed E-state index contributed by atoms with van der Waals surface area (Å²) in [7, 11) is 0. The molecule has 0 saturated carbocycles. The molecule has 0 atom stereocenters. The molecule has 0 heterocycles. The van der Waals surface area contributed by atoms with Gasteiger partial charge in [-0.25, -0.2) is 0 Å². The maximum atomic E-state index is 6.85. The quantitative estimate of drug-likeness (QED) is 0.236. The van der Waals surface area contributed by atoms with Gasteiger partial charge in [0.25, 0.3) is 0 Å². The number of nitrogens with one attached hydrogen (secondary N) is 2. The van der Waals surface area contributed by atoms with Crippen molar-refractivity contribution in [3.05, 3.63) is 0 Å². The third kappa shape index (κ3) is 2.66. The predicted molar refractivity (Wildman–Crippen MR) is 26.1 cm³/mol. The molecule has 7 heavy (non-hydrogen) atoms. The van der Waals surface area contributed by atoms with E-state index in [-0.39, 0.29) is 0 Å². The molecule has 0 unspecified atom stereocenters. The summed E-state index contributed by atoms with van der Waals surface area (Å²) >= 11 is 0.444. The SMILES string of the molecule is CC(=N)[N]([Tl])N=N. The van der Waals surface area contributed by atoms with Gasteiger partial charge in [0.15, 0.2) is 0 Å². The zero-order chi connectivity index (χ0) is 5.86. The Labute approximate surface area is 58.0 Å². The standard InChI is InChI=1S/C2H5N4.Tl/c1-2(3)5-6-4;/h1H3,(H2-,3,4,5);/q-1;+1. The Bertz CT molecular complexity index is 89.7. The second-order valence-corrected chi connectivity index (χ2v) is 2.93. The Kier molecular flexibility index (Phi) is 3.05. The summed E-state index contributed by atoms with van der Waals surface area (Å²) in [6.45, 7) is 1.61. The van der Waals surface area contributed by atoms with Crippen LogP contribution in [-0.4, -0.2) is 34.7 Å².